The largest absolute Gasteiger partial charge is 0.390 e. The number of aryl methyl sites for hydroxylation is 2. The molecule has 2 aromatic carbocycles. The van der Waals surface area contributed by atoms with Gasteiger partial charge in [-0.05, 0) is 66.5 Å². The molecule has 0 saturated heterocycles. The van der Waals surface area contributed by atoms with Crippen LogP contribution < -0.4 is 10.6 Å². The van der Waals surface area contributed by atoms with Gasteiger partial charge < -0.3 is 15.7 Å². The van der Waals surface area contributed by atoms with E-state index in [-0.39, 0.29) is 17.6 Å². The average Bonchev–Trinajstić information content (AvgIpc) is 3.20. The summed E-state index contributed by atoms with van der Waals surface area (Å²) in [6, 6.07) is 9.57. The molecule has 4 rings (SSSR count). The summed E-state index contributed by atoms with van der Waals surface area (Å²) in [6.07, 6.45) is 3.42. The molecule has 0 saturated carbocycles. The minimum atomic E-state index is -0.867. The highest BCUT2D eigenvalue weighted by Gasteiger charge is 2.26. The van der Waals surface area contributed by atoms with Gasteiger partial charge in [-0.15, -0.1) is 0 Å². The predicted octanol–water partition coefficient (Wildman–Crippen LogP) is 5.08. The second-order valence-electron chi connectivity index (χ2n) is 8.44. The Morgan fingerprint density at radius 2 is 1.94 bits per heavy atom. The Morgan fingerprint density at radius 1 is 1.15 bits per heavy atom. The lowest BCUT2D eigenvalue weighted by molar-refractivity contribution is 0.143. The highest BCUT2D eigenvalue weighted by molar-refractivity contribution is 6.99. The molecule has 0 amide bonds. The third kappa shape index (κ3) is 6.06. The summed E-state index contributed by atoms with van der Waals surface area (Å²) < 4.78 is 35.5. The number of aliphatic hydroxyl groups excluding tert-OH is 1. The summed E-state index contributed by atoms with van der Waals surface area (Å²) in [5.41, 5.74) is 4.35. The lowest BCUT2D eigenvalue weighted by Gasteiger charge is -2.30. The average molecular weight is 493 g/mol. The number of hydrogen-bond donors (Lipinski definition) is 3. The van der Waals surface area contributed by atoms with Crippen molar-refractivity contribution >= 4 is 29.1 Å². The van der Waals surface area contributed by atoms with Crippen LogP contribution in [0.2, 0.25) is 5.15 Å². The lowest BCUT2D eigenvalue weighted by Crippen LogP contribution is -2.43. The van der Waals surface area contributed by atoms with Gasteiger partial charge in [0.25, 0.3) is 0 Å². The van der Waals surface area contributed by atoms with Crippen LogP contribution in [0.15, 0.2) is 36.4 Å². The van der Waals surface area contributed by atoms with Crippen molar-refractivity contribution in [3.05, 3.63) is 75.4 Å². The van der Waals surface area contributed by atoms with Crippen LogP contribution in [0.1, 0.15) is 48.1 Å². The van der Waals surface area contributed by atoms with Crippen molar-refractivity contribution in [1.82, 2.24) is 14.1 Å². The Labute approximate surface area is 201 Å². The Balaban J connectivity index is 1.49. The summed E-state index contributed by atoms with van der Waals surface area (Å²) >= 11 is 7.03. The zero-order chi connectivity index (χ0) is 23.4. The first-order valence-electron chi connectivity index (χ1n) is 11.2. The summed E-state index contributed by atoms with van der Waals surface area (Å²) in [7, 11) is 0. The molecule has 3 atom stereocenters. The van der Waals surface area contributed by atoms with E-state index in [0.717, 1.165) is 43.5 Å². The first kappa shape index (κ1) is 24.0. The van der Waals surface area contributed by atoms with Crippen molar-refractivity contribution in [2.45, 2.75) is 57.2 Å². The zero-order valence-electron chi connectivity index (χ0n) is 18.3. The number of anilines is 1. The number of benzene rings is 2. The standard InChI is InChI=1S/C24H27ClF2N4OS/c1-2-14-6-7-16-4-3-5-20(19(16)10-14)28-13-22(32)21(29-24-23(25)30-33-31-24)11-15-8-17(26)12-18(27)9-15/h6-10,12,20-22,28,32H,2-5,11,13H2,1H3,(H,29,31). The van der Waals surface area contributed by atoms with Crippen molar-refractivity contribution in [2.75, 3.05) is 11.9 Å². The van der Waals surface area contributed by atoms with Gasteiger partial charge in [-0.2, -0.15) is 8.75 Å². The van der Waals surface area contributed by atoms with Crippen LogP contribution in [0.25, 0.3) is 0 Å². The van der Waals surface area contributed by atoms with E-state index in [1.165, 1.54) is 28.8 Å². The van der Waals surface area contributed by atoms with Crippen molar-refractivity contribution in [3.63, 3.8) is 0 Å². The van der Waals surface area contributed by atoms with Gasteiger partial charge in [0.2, 0.25) is 0 Å². The van der Waals surface area contributed by atoms with E-state index >= 15 is 0 Å². The van der Waals surface area contributed by atoms with Crippen molar-refractivity contribution in [3.8, 4) is 0 Å². The molecule has 176 valence electrons. The molecule has 5 nitrogen and oxygen atoms in total. The second kappa shape index (κ2) is 10.9. The minimum Gasteiger partial charge on any atom is -0.390 e. The van der Waals surface area contributed by atoms with Crippen LogP contribution in [0.3, 0.4) is 0 Å². The van der Waals surface area contributed by atoms with E-state index < -0.39 is 23.8 Å². The van der Waals surface area contributed by atoms with Gasteiger partial charge in [0.15, 0.2) is 11.0 Å². The normalized spacial score (nSPS) is 17.4. The molecule has 3 aromatic rings. The molecule has 3 N–H and O–H groups in total. The van der Waals surface area contributed by atoms with Crippen LogP contribution in [0.4, 0.5) is 14.6 Å². The van der Waals surface area contributed by atoms with E-state index in [0.29, 0.717) is 17.9 Å². The Hall–Kier alpha value is -2.13. The first-order chi connectivity index (χ1) is 15.9. The third-order valence-corrected chi connectivity index (χ3v) is 7.01. The highest BCUT2D eigenvalue weighted by Crippen LogP contribution is 2.31. The van der Waals surface area contributed by atoms with Crippen LogP contribution in [-0.2, 0) is 19.3 Å². The van der Waals surface area contributed by atoms with E-state index in [4.69, 9.17) is 11.6 Å². The predicted molar refractivity (Wildman–Crippen MR) is 128 cm³/mol. The Morgan fingerprint density at radius 3 is 2.64 bits per heavy atom. The van der Waals surface area contributed by atoms with Gasteiger partial charge in [-0.3, -0.25) is 0 Å². The van der Waals surface area contributed by atoms with Crippen molar-refractivity contribution in [1.29, 1.82) is 0 Å². The summed E-state index contributed by atoms with van der Waals surface area (Å²) in [6.45, 7) is 2.44. The molecule has 3 unspecified atom stereocenters. The third-order valence-electron chi connectivity index (χ3n) is 6.12. The molecule has 1 heterocycles. The van der Waals surface area contributed by atoms with Gasteiger partial charge in [0.05, 0.1) is 23.9 Å². The SMILES string of the molecule is CCc1ccc2c(c1)C(NCC(O)C(Cc1cc(F)cc(F)c1)Nc1nsnc1Cl)CCC2. The number of nitrogens with one attached hydrogen (secondary N) is 2. The van der Waals surface area contributed by atoms with Crippen LogP contribution in [0, 0.1) is 11.6 Å². The molecule has 1 aliphatic rings. The second-order valence-corrected chi connectivity index (χ2v) is 9.33. The summed E-state index contributed by atoms with van der Waals surface area (Å²) in [5, 5.41) is 17.9. The topological polar surface area (TPSA) is 70.1 Å². The fourth-order valence-electron chi connectivity index (χ4n) is 4.39. The monoisotopic (exact) mass is 492 g/mol. The van der Waals surface area contributed by atoms with Gasteiger partial charge in [-0.1, -0.05) is 36.7 Å². The molecular formula is C24H27ClF2N4OS. The van der Waals surface area contributed by atoms with Crippen LogP contribution in [-0.4, -0.2) is 32.5 Å². The number of nitrogens with zero attached hydrogens (tertiary/aromatic N) is 2. The van der Waals surface area contributed by atoms with Gasteiger partial charge in [0.1, 0.15) is 11.6 Å². The minimum absolute atomic E-state index is 0.145. The molecule has 0 spiro atoms. The van der Waals surface area contributed by atoms with Crippen molar-refractivity contribution in [2.24, 2.45) is 0 Å². The Bertz CT molecular complexity index is 1080. The van der Waals surface area contributed by atoms with Crippen LogP contribution >= 0.6 is 23.3 Å². The molecule has 1 aromatic heterocycles. The highest BCUT2D eigenvalue weighted by atomic mass is 35.5. The summed E-state index contributed by atoms with van der Waals surface area (Å²) in [4.78, 5) is 0. The molecule has 0 aliphatic heterocycles. The molecule has 0 fully saturated rings. The molecule has 1 aliphatic carbocycles. The molecule has 9 heteroatoms. The fourth-order valence-corrected chi connectivity index (χ4v) is 5.05. The number of halogens is 3. The molecular weight excluding hydrogens is 466 g/mol. The number of aliphatic hydroxyl groups is 1. The first-order valence-corrected chi connectivity index (χ1v) is 12.3. The van der Waals surface area contributed by atoms with E-state index in [1.807, 2.05) is 0 Å². The number of fused-ring (bicyclic) bond motifs is 1. The number of rotatable bonds is 9. The van der Waals surface area contributed by atoms with E-state index in [9.17, 15) is 13.9 Å². The van der Waals surface area contributed by atoms with E-state index in [2.05, 4.69) is 44.5 Å². The molecule has 0 bridgehead atoms. The maximum absolute atomic E-state index is 13.7. The van der Waals surface area contributed by atoms with E-state index in [1.54, 1.807) is 0 Å². The Kier molecular flexibility index (Phi) is 7.90. The maximum atomic E-state index is 13.7. The summed E-state index contributed by atoms with van der Waals surface area (Å²) in [5.74, 6) is -0.969. The fraction of sp³-hybridized carbons (Fsp3) is 0.417. The number of aromatic nitrogens is 2. The zero-order valence-corrected chi connectivity index (χ0v) is 19.9. The lowest BCUT2D eigenvalue weighted by atomic mass is 9.86. The molecule has 33 heavy (non-hydrogen) atoms. The van der Waals surface area contributed by atoms with Gasteiger partial charge >= 0.3 is 0 Å². The molecule has 0 radical (unpaired) electrons. The maximum Gasteiger partial charge on any atom is 0.186 e. The van der Waals surface area contributed by atoms with Gasteiger partial charge in [0, 0.05) is 18.7 Å². The smallest absolute Gasteiger partial charge is 0.186 e. The van der Waals surface area contributed by atoms with Crippen LogP contribution in [0.5, 0.6) is 0 Å². The quantitative estimate of drug-likeness (QED) is 0.388. The number of hydrogen-bond acceptors (Lipinski definition) is 6. The van der Waals surface area contributed by atoms with Crippen molar-refractivity contribution < 1.29 is 13.9 Å². The van der Waals surface area contributed by atoms with Gasteiger partial charge in [-0.25, -0.2) is 8.78 Å².